The van der Waals surface area contributed by atoms with Crippen molar-refractivity contribution in [1.82, 2.24) is 14.5 Å². The van der Waals surface area contributed by atoms with Crippen molar-refractivity contribution in [1.29, 1.82) is 0 Å². The van der Waals surface area contributed by atoms with Crippen molar-refractivity contribution >= 4 is 33.8 Å². The fourth-order valence-corrected chi connectivity index (χ4v) is 3.95. The van der Waals surface area contributed by atoms with Gasteiger partial charge in [0, 0.05) is 18.0 Å². The molecule has 116 valence electrons. The van der Waals surface area contributed by atoms with Crippen LogP contribution in [0.1, 0.15) is 30.7 Å². The Balaban J connectivity index is 2.38. The Morgan fingerprint density at radius 2 is 2.00 bits per heavy atom. The zero-order valence-electron chi connectivity index (χ0n) is 13.2. The van der Waals surface area contributed by atoms with E-state index in [1.807, 2.05) is 13.8 Å². The van der Waals surface area contributed by atoms with E-state index in [-0.39, 0.29) is 5.56 Å². The summed E-state index contributed by atoms with van der Waals surface area (Å²) in [5.74, 6) is 0. The van der Waals surface area contributed by atoms with Crippen molar-refractivity contribution in [3.05, 3.63) is 25.6 Å². The van der Waals surface area contributed by atoms with Gasteiger partial charge < -0.3 is 9.88 Å². The first-order valence-electron chi connectivity index (χ1n) is 7.44. The zero-order valence-corrected chi connectivity index (χ0v) is 14.8. The predicted octanol–water partition coefficient (Wildman–Crippen LogP) is 3.47. The molecule has 0 aromatic carbocycles. The molecule has 0 fully saturated rings. The third kappa shape index (κ3) is 3.27. The summed E-state index contributed by atoms with van der Waals surface area (Å²) in [6.45, 7) is 11.9. The number of rotatable bonds is 6. The van der Waals surface area contributed by atoms with Crippen LogP contribution in [-0.4, -0.2) is 34.1 Å². The molecular weight excluding hydrogens is 302 g/mol. The molecule has 2 aromatic heterocycles. The molecule has 0 unspecified atom stereocenters. The summed E-state index contributed by atoms with van der Waals surface area (Å²) in [6, 6.07) is 0. The van der Waals surface area contributed by atoms with Crippen LogP contribution in [0.4, 0.5) is 0 Å². The standard InChI is InChI=1S/C15H23N3OS2/c1-5-7-17(6-2)8-9-18-14(19)12-10(3)11(4)21-13(12)16-15(18)20/h5-9H2,1-4H3,(H,16,20). The second kappa shape index (κ2) is 6.85. The van der Waals surface area contributed by atoms with Crippen molar-refractivity contribution in [2.24, 2.45) is 0 Å². The highest BCUT2D eigenvalue weighted by Gasteiger charge is 2.13. The number of likely N-dealkylation sites (N-methyl/N-ethyl adjacent to an activating group) is 1. The summed E-state index contributed by atoms with van der Waals surface area (Å²) in [5.41, 5.74) is 1.11. The van der Waals surface area contributed by atoms with Gasteiger partial charge in [-0.3, -0.25) is 9.36 Å². The molecule has 0 atom stereocenters. The van der Waals surface area contributed by atoms with Gasteiger partial charge in [0.05, 0.1) is 5.39 Å². The van der Waals surface area contributed by atoms with E-state index in [1.165, 1.54) is 4.88 Å². The molecule has 0 aliphatic heterocycles. The van der Waals surface area contributed by atoms with E-state index in [0.717, 1.165) is 41.8 Å². The van der Waals surface area contributed by atoms with Crippen molar-refractivity contribution in [3.8, 4) is 0 Å². The molecule has 0 bridgehead atoms. The largest absolute Gasteiger partial charge is 0.323 e. The third-order valence-electron chi connectivity index (χ3n) is 3.94. The quantitative estimate of drug-likeness (QED) is 0.827. The smallest absolute Gasteiger partial charge is 0.263 e. The summed E-state index contributed by atoms with van der Waals surface area (Å²) >= 11 is 6.97. The summed E-state index contributed by atoms with van der Waals surface area (Å²) in [5, 5.41) is 0.796. The fraction of sp³-hybridized carbons (Fsp3) is 0.600. The van der Waals surface area contributed by atoms with Crippen LogP contribution in [0, 0.1) is 18.6 Å². The van der Waals surface area contributed by atoms with Gasteiger partial charge >= 0.3 is 0 Å². The third-order valence-corrected chi connectivity index (χ3v) is 5.38. The molecule has 4 nitrogen and oxygen atoms in total. The number of aromatic amines is 1. The van der Waals surface area contributed by atoms with Gasteiger partial charge in [0.15, 0.2) is 4.77 Å². The van der Waals surface area contributed by atoms with E-state index >= 15 is 0 Å². The van der Waals surface area contributed by atoms with Crippen LogP contribution in [0.2, 0.25) is 0 Å². The lowest BCUT2D eigenvalue weighted by Gasteiger charge is -2.19. The molecule has 0 amide bonds. The maximum absolute atomic E-state index is 12.7. The Morgan fingerprint density at radius 3 is 2.62 bits per heavy atom. The highest BCUT2D eigenvalue weighted by molar-refractivity contribution is 7.71. The van der Waals surface area contributed by atoms with Gasteiger partial charge in [-0.05, 0) is 51.1 Å². The molecule has 0 saturated heterocycles. The van der Waals surface area contributed by atoms with Crippen LogP contribution in [0.15, 0.2) is 4.79 Å². The summed E-state index contributed by atoms with van der Waals surface area (Å²) in [7, 11) is 0. The lowest BCUT2D eigenvalue weighted by molar-refractivity contribution is 0.274. The second-order valence-electron chi connectivity index (χ2n) is 5.31. The molecule has 0 radical (unpaired) electrons. The average molecular weight is 326 g/mol. The molecule has 0 aliphatic rings. The molecule has 21 heavy (non-hydrogen) atoms. The molecule has 2 heterocycles. The minimum atomic E-state index is 0.0446. The van der Waals surface area contributed by atoms with Crippen molar-refractivity contribution < 1.29 is 0 Å². The van der Waals surface area contributed by atoms with E-state index in [2.05, 4.69) is 23.7 Å². The number of hydrogen-bond acceptors (Lipinski definition) is 4. The van der Waals surface area contributed by atoms with Crippen molar-refractivity contribution in [2.75, 3.05) is 19.6 Å². The number of thiophene rings is 1. The molecule has 0 saturated carbocycles. The molecule has 1 N–H and O–H groups in total. The van der Waals surface area contributed by atoms with Crippen molar-refractivity contribution in [3.63, 3.8) is 0 Å². The first-order valence-corrected chi connectivity index (χ1v) is 8.67. The molecule has 6 heteroatoms. The fourth-order valence-electron chi connectivity index (χ4n) is 2.55. The van der Waals surface area contributed by atoms with Crippen molar-refractivity contribution in [2.45, 2.75) is 40.7 Å². The number of H-pyrrole nitrogens is 1. The summed E-state index contributed by atoms with van der Waals surface area (Å²) in [6.07, 6.45) is 1.12. The van der Waals surface area contributed by atoms with Crippen LogP contribution in [-0.2, 0) is 6.54 Å². The monoisotopic (exact) mass is 325 g/mol. The highest BCUT2D eigenvalue weighted by Crippen LogP contribution is 2.25. The first kappa shape index (κ1) is 16.4. The van der Waals surface area contributed by atoms with E-state index in [4.69, 9.17) is 12.2 Å². The summed E-state index contributed by atoms with van der Waals surface area (Å²) < 4.78 is 2.23. The van der Waals surface area contributed by atoms with Gasteiger partial charge in [-0.1, -0.05) is 13.8 Å². The maximum atomic E-state index is 12.7. The van der Waals surface area contributed by atoms with E-state index in [0.29, 0.717) is 11.3 Å². The lowest BCUT2D eigenvalue weighted by atomic mass is 10.2. The Morgan fingerprint density at radius 1 is 1.29 bits per heavy atom. The van der Waals surface area contributed by atoms with Crippen LogP contribution in [0.5, 0.6) is 0 Å². The molecule has 2 rings (SSSR count). The number of hydrogen-bond donors (Lipinski definition) is 1. The van der Waals surface area contributed by atoms with Gasteiger partial charge in [-0.25, -0.2) is 0 Å². The predicted molar refractivity (Wildman–Crippen MR) is 93.1 cm³/mol. The summed E-state index contributed by atoms with van der Waals surface area (Å²) in [4.78, 5) is 20.3. The first-order chi connectivity index (χ1) is 9.99. The number of nitrogens with one attached hydrogen (secondary N) is 1. The second-order valence-corrected chi connectivity index (χ2v) is 6.92. The lowest BCUT2D eigenvalue weighted by Crippen LogP contribution is -2.32. The minimum Gasteiger partial charge on any atom is -0.323 e. The van der Waals surface area contributed by atoms with Gasteiger partial charge in [0.2, 0.25) is 0 Å². The number of nitrogens with zero attached hydrogens (tertiary/aromatic N) is 2. The van der Waals surface area contributed by atoms with Gasteiger partial charge in [0.1, 0.15) is 4.83 Å². The Hall–Kier alpha value is -0.980. The van der Waals surface area contributed by atoms with Crippen LogP contribution >= 0.6 is 23.6 Å². The molecular formula is C15H23N3OS2. The topological polar surface area (TPSA) is 41.0 Å². The van der Waals surface area contributed by atoms with E-state index in [9.17, 15) is 4.79 Å². The minimum absolute atomic E-state index is 0.0446. The SMILES string of the molecule is CCCN(CC)CCn1c(=S)[nH]c2sc(C)c(C)c2c1=O. The number of aromatic nitrogens is 2. The number of aryl methyl sites for hydroxylation is 2. The number of fused-ring (bicyclic) bond motifs is 1. The molecule has 0 spiro atoms. The van der Waals surface area contributed by atoms with Gasteiger partial charge in [-0.2, -0.15) is 0 Å². The van der Waals surface area contributed by atoms with E-state index < -0.39 is 0 Å². The molecule has 0 aliphatic carbocycles. The zero-order chi connectivity index (χ0) is 15.6. The van der Waals surface area contributed by atoms with Gasteiger partial charge in [-0.15, -0.1) is 11.3 Å². The Bertz CT molecular complexity index is 742. The average Bonchev–Trinajstić information content (AvgIpc) is 2.72. The molecule has 2 aromatic rings. The van der Waals surface area contributed by atoms with E-state index in [1.54, 1.807) is 15.9 Å². The van der Waals surface area contributed by atoms with Crippen LogP contribution in [0.25, 0.3) is 10.2 Å². The maximum Gasteiger partial charge on any atom is 0.263 e. The normalized spacial score (nSPS) is 11.7. The van der Waals surface area contributed by atoms with Gasteiger partial charge in [0.25, 0.3) is 5.56 Å². The Kier molecular flexibility index (Phi) is 5.35. The Labute approximate surface area is 134 Å². The highest BCUT2D eigenvalue weighted by atomic mass is 32.1. The van der Waals surface area contributed by atoms with Crippen LogP contribution < -0.4 is 5.56 Å². The van der Waals surface area contributed by atoms with Crippen LogP contribution in [0.3, 0.4) is 0 Å².